The molecule has 2 aromatic rings. The van der Waals surface area contributed by atoms with Crippen LogP contribution in [0.15, 0.2) is 72.1 Å². The molecule has 2 aromatic carbocycles. The van der Waals surface area contributed by atoms with Crippen molar-refractivity contribution < 1.29 is 18.0 Å². The first kappa shape index (κ1) is 21.3. The van der Waals surface area contributed by atoms with Crippen molar-refractivity contribution in [2.24, 2.45) is 11.8 Å². The van der Waals surface area contributed by atoms with Gasteiger partial charge >= 0.3 is 0 Å². The molecule has 0 aromatic heterocycles. The largest absolute Gasteiger partial charge is 0.349 e. The fraction of sp³-hybridized carbons (Fsp3) is 0.304. The van der Waals surface area contributed by atoms with E-state index in [-0.39, 0.29) is 34.6 Å². The molecule has 2 aliphatic rings. The summed E-state index contributed by atoms with van der Waals surface area (Å²) in [6.07, 6.45) is 2.22. The molecule has 0 radical (unpaired) electrons. The zero-order valence-corrected chi connectivity index (χ0v) is 17.8. The van der Waals surface area contributed by atoms with E-state index in [1.54, 1.807) is 12.1 Å². The maximum absolute atomic E-state index is 12.9. The number of sulfonamides is 1. The van der Waals surface area contributed by atoms with Crippen molar-refractivity contribution >= 4 is 27.5 Å². The summed E-state index contributed by atoms with van der Waals surface area (Å²) in [6, 6.07) is 16.0. The quantitative estimate of drug-likeness (QED) is 0.617. The number of carbonyl (C=O) groups is 2. The summed E-state index contributed by atoms with van der Waals surface area (Å²) in [4.78, 5) is 23.8. The van der Waals surface area contributed by atoms with Crippen LogP contribution >= 0.6 is 0 Å². The van der Waals surface area contributed by atoms with Crippen LogP contribution < -0.4 is 10.6 Å². The van der Waals surface area contributed by atoms with Crippen molar-refractivity contribution in [2.45, 2.75) is 23.8 Å². The van der Waals surface area contributed by atoms with E-state index < -0.39 is 10.0 Å². The third-order valence-corrected chi connectivity index (χ3v) is 7.76. The highest BCUT2D eigenvalue weighted by molar-refractivity contribution is 7.89. The second kappa shape index (κ2) is 8.64. The molecule has 1 heterocycles. The Morgan fingerprint density at radius 2 is 1.68 bits per heavy atom. The van der Waals surface area contributed by atoms with Gasteiger partial charge in [0.25, 0.3) is 0 Å². The number of rotatable bonds is 8. The predicted molar refractivity (Wildman–Crippen MR) is 118 cm³/mol. The van der Waals surface area contributed by atoms with Crippen LogP contribution in [-0.4, -0.2) is 43.7 Å². The highest BCUT2D eigenvalue weighted by atomic mass is 32.2. The molecule has 2 N–H and O–H groups in total. The number of hydrogen-bond donors (Lipinski definition) is 2. The predicted octanol–water partition coefficient (Wildman–Crippen LogP) is 2.18. The Bertz CT molecular complexity index is 1070. The SMILES string of the molecule is C=CC(=O)NC1C2CN(S(=O)(=O)c3ccc(NC(=O)CCc4ccccc4)cc3)CC21. The number of carbonyl (C=O) groups excluding carboxylic acids is 2. The number of benzene rings is 2. The molecule has 1 saturated heterocycles. The molecular weight excluding hydrogens is 414 g/mol. The van der Waals surface area contributed by atoms with Crippen LogP contribution in [0, 0.1) is 11.8 Å². The number of nitrogens with zero attached hydrogens (tertiary/aromatic N) is 1. The standard InChI is InChI=1S/C23H25N3O4S/c1-2-21(27)25-23-19-14-26(15-20(19)23)31(29,30)18-11-9-17(10-12-18)24-22(28)13-8-16-6-4-3-5-7-16/h2-7,9-12,19-20,23H,1,8,13-15H2,(H,24,28)(H,25,27). The average molecular weight is 440 g/mol. The molecular formula is C23H25N3O4S. The lowest BCUT2D eigenvalue weighted by molar-refractivity contribution is -0.117. The van der Waals surface area contributed by atoms with Gasteiger partial charge in [-0.1, -0.05) is 36.9 Å². The van der Waals surface area contributed by atoms with E-state index in [9.17, 15) is 18.0 Å². The van der Waals surface area contributed by atoms with Gasteiger partial charge in [0, 0.05) is 31.2 Å². The third-order valence-electron chi connectivity index (χ3n) is 5.91. The lowest BCUT2D eigenvalue weighted by Crippen LogP contribution is -2.36. The van der Waals surface area contributed by atoms with Gasteiger partial charge in [-0.05, 0) is 54.2 Å². The molecule has 0 spiro atoms. The maximum atomic E-state index is 12.9. The summed E-state index contributed by atoms with van der Waals surface area (Å²) in [7, 11) is -3.60. The number of anilines is 1. The van der Waals surface area contributed by atoms with E-state index in [0.29, 0.717) is 31.6 Å². The Kier molecular flexibility index (Phi) is 5.93. The van der Waals surface area contributed by atoms with Gasteiger partial charge in [-0.15, -0.1) is 0 Å². The number of aryl methyl sites for hydroxylation is 1. The minimum Gasteiger partial charge on any atom is -0.349 e. The molecule has 4 rings (SSSR count). The molecule has 1 aliphatic carbocycles. The van der Waals surface area contributed by atoms with Crippen LogP contribution in [-0.2, 0) is 26.0 Å². The first-order valence-electron chi connectivity index (χ1n) is 10.3. The van der Waals surface area contributed by atoms with Crippen molar-refractivity contribution in [1.29, 1.82) is 0 Å². The van der Waals surface area contributed by atoms with Gasteiger partial charge in [-0.3, -0.25) is 9.59 Å². The summed E-state index contributed by atoms with van der Waals surface area (Å²) in [5, 5.41) is 5.65. The molecule has 162 valence electrons. The summed E-state index contributed by atoms with van der Waals surface area (Å²) < 4.78 is 27.3. The highest BCUT2D eigenvalue weighted by Crippen LogP contribution is 2.47. The van der Waals surface area contributed by atoms with Gasteiger partial charge in [0.2, 0.25) is 21.8 Å². The van der Waals surface area contributed by atoms with Crippen molar-refractivity contribution in [3.63, 3.8) is 0 Å². The fourth-order valence-corrected chi connectivity index (χ4v) is 5.62. The number of amides is 2. The normalized spacial score (nSPS) is 22.4. The summed E-state index contributed by atoms with van der Waals surface area (Å²) in [6.45, 7) is 4.23. The Hall–Kier alpha value is -2.97. The molecule has 2 fully saturated rings. The molecule has 0 bridgehead atoms. The van der Waals surface area contributed by atoms with Gasteiger partial charge in [-0.25, -0.2) is 8.42 Å². The first-order valence-corrected chi connectivity index (χ1v) is 11.7. The van der Waals surface area contributed by atoms with Gasteiger partial charge < -0.3 is 10.6 Å². The molecule has 31 heavy (non-hydrogen) atoms. The van der Waals surface area contributed by atoms with Crippen LogP contribution in [0.25, 0.3) is 0 Å². The lowest BCUT2D eigenvalue weighted by atomic mass is 10.1. The average Bonchev–Trinajstić information content (AvgIpc) is 3.20. The zero-order chi connectivity index (χ0) is 22.0. The van der Waals surface area contributed by atoms with E-state index in [1.165, 1.54) is 22.5 Å². The topological polar surface area (TPSA) is 95.6 Å². The van der Waals surface area contributed by atoms with E-state index in [0.717, 1.165) is 5.56 Å². The molecule has 1 aliphatic heterocycles. The Morgan fingerprint density at radius 3 is 2.29 bits per heavy atom. The Labute approximate surface area is 182 Å². The smallest absolute Gasteiger partial charge is 0.243 e. The Morgan fingerprint density at radius 1 is 1.03 bits per heavy atom. The van der Waals surface area contributed by atoms with Crippen molar-refractivity contribution in [1.82, 2.24) is 9.62 Å². The number of fused-ring (bicyclic) bond motifs is 1. The summed E-state index contributed by atoms with van der Waals surface area (Å²) in [5.41, 5.74) is 1.66. The van der Waals surface area contributed by atoms with Crippen molar-refractivity contribution in [3.8, 4) is 0 Å². The second-order valence-electron chi connectivity index (χ2n) is 7.95. The third kappa shape index (κ3) is 4.70. The zero-order valence-electron chi connectivity index (χ0n) is 17.0. The fourth-order valence-electron chi connectivity index (χ4n) is 4.11. The van der Waals surface area contributed by atoms with Gasteiger partial charge in [0.15, 0.2) is 0 Å². The molecule has 7 nitrogen and oxygen atoms in total. The second-order valence-corrected chi connectivity index (χ2v) is 9.88. The van der Waals surface area contributed by atoms with Crippen LogP contribution in [0.1, 0.15) is 12.0 Å². The molecule has 1 saturated carbocycles. The minimum absolute atomic E-state index is 0.0328. The molecule has 8 heteroatoms. The Balaban J connectivity index is 1.30. The van der Waals surface area contributed by atoms with Crippen molar-refractivity contribution in [3.05, 3.63) is 72.8 Å². The molecule has 2 unspecified atom stereocenters. The lowest BCUT2D eigenvalue weighted by Gasteiger charge is -2.20. The first-order chi connectivity index (χ1) is 14.9. The van der Waals surface area contributed by atoms with E-state index in [1.807, 2.05) is 30.3 Å². The van der Waals surface area contributed by atoms with E-state index >= 15 is 0 Å². The number of piperidine rings is 1. The summed E-state index contributed by atoms with van der Waals surface area (Å²) in [5.74, 6) is -0.0365. The van der Waals surface area contributed by atoms with Crippen molar-refractivity contribution in [2.75, 3.05) is 18.4 Å². The monoisotopic (exact) mass is 439 g/mol. The van der Waals surface area contributed by atoms with E-state index in [2.05, 4.69) is 17.2 Å². The molecule has 2 amide bonds. The number of hydrogen-bond acceptors (Lipinski definition) is 4. The van der Waals surface area contributed by atoms with Crippen LogP contribution in [0.2, 0.25) is 0 Å². The van der Waals surface area contributed by atoms with E-state index in [4.69, 9.17) is 0 Å². The maximum Gasteiger partial charge on any atom is 0.243 e. The minimum atomic E-state index is -3.60. The number of nitrogens with one attached hydrogen (secondary N) is 2. The summed E-state index contributed by atoms with van der Waals surface area (Å²) >= 11 is 0. The highest BCUT2D eigenvalue weighted by Gasteiger charge is 2.58. The molecule has 2 atom stereocenters. The van der Waals surface area contributed by atoms with Gasteiger partial charge in [0.1, 0.15) is 0 Å². The van der Waals surface area contributed by atoms with Crippen LogP contribution in [0.3, 0.4) is 0 Å². The van der Waals surface area contributed by atoms with Crippen LogP contribution in [0.5, 0.6) is 0 Å². The van der Waals surface area contributed by atoms with Crippen LogP contribution in [0.4, 0.5) is 5.69 Å². The van der Waals surface area contributed by atoms with Gasteiger partial charge in [-0.2, -0.15) is 4.31 Å². The van der Waals surface area contributed by atoms with Gasteiger partial charge in [0.05, 0.1) is 4.90 Å².